The molecule has 0 spiro atoms. The molecule has 5 nitrogen and oxygen atoms in total. The number of aliphatic imine (C=N–C) groups is 1. The zero-order valence-electron chi connectivity index (χ0n) is 11.9. The summed E-state index contributed by atoms with van der Waals surface area (Å²) >= 11 is 0. The van der Waals surface area contributed by atoms with Crippen LogP contribution >= 0.6 is 0 Å². The van der Waals surface area contributed by atoms with Crippen LogP contribution in [-0.2, 0) is 4.79 Å². The molecule has 19 heavy (non-hydrogen) atoms. The Morgan fingerprint density at radius 1 is 1.11 bits per heavy atom. The van der Waals surface area contributed by atoms with Crippen molar-refractivity contribution in [1.82, 2.24) is 16.0 Å². The van der Waals surface area contributed by atoms with Crippen LogP contribution in [0.25, 0.3) is 0 Å². The van der Waals surface area contributed by atoms with Gasteiger partial charge in [0.25, 0.3) is 0 Å². The van der Waals surface area contributed by atoms with Crippen molar-refractivity contribution in [2.45, 2.75) is 63.5 Å². The highest BCUT2D eigenvalue weighted by Gasteiger charge is 2.22. The van der Waals surface area contributed by atoms with Gasteiger partial charge in [0, 0.05) is 32.1 Å². The fourth-order valence-electron chi connectivity index (χ4n) is 2.44. The number of hydrogen-bond donors (Lipinski definition) is 3. The van der Waals surface area contributed by atoms with Crippen molar-refractivity contribution in [2.75, 3.05) is 13.6 Å². The third kappa shape index (κ3) is 5.49. The second kappa shape index (κ2) is 7.36. The van der Waals surface area contributed by atoms with Crippen LogP contribution in [0, 0.1) is 0 Å². The lowest BCUT2D eigenvalue weighted by Crippen LogP contribution is -2.42. The van der Waals surface area contributed by atoms with Crippen LogP contribution in [-0.4, -0.2) is 37.5 Å². The van der Waals surface area contributed by atoms with Gasteiger partial charge in [-0.15, -0.1) is 0 Å². The minimum Gasteiger partial charge on any atom is -0.356 e. The smallest absolute Gasteiger partial charge is 0.220 e. The second-order valence-electron chi connectivity index (χ2n) is 5.57. The Morgan fingerprint density at radius 2 is 1.79 bits per heavy atom. The summed E-state index contributed by atoms with van der Waals surface area (Å²) in [7, 11) is 1.80. The van der Waals surface area contributed by atoms with Gasteiger partial charge in [0.15, 0.2) is 5.96 Å². The summed E-state index contributed by atoms with van der Waals surface area (Å²) in [4.78, 5) is 15.7. The number of rotatable bonds is 6. The first kappa shape index (κ1) is 14.2. The van der Waals surface area contributed by atoms with Crippen molar-refractivity contribution in [3.05, 3.63) is 0 Å². The van der Waals surface area contributed by atoms with Crippen molar-refractivity contribution in [1.29, 1.82) is 0 Å². The van der Waals surface area contributed by atoms with Gasteiger partial charge in [-0.25, -0.2) is 0 Å². The lowest BCUT2D eigenvalue weighted by atomic mass is 10.2. The number of amides is 1. The van der Waals surface area contributed by atoms with Gasteiger partial charge < -0.3 is 16.0 Å². The molecule has 5 heteroatoms. The van der Waals surface area contributed by atoms with Crippen molar-refractivity contribution in [3.8, 4) is 0 Å². The van der Waals surface area contributed by atoms with Crippen molar-refractivity contribution in [2.24, 2.45) is 4.99 Å². The van der Waals surface area contributed by atoms with E-state index in [0.29, 0.717) is 18.5 Å². The van der Waals surface area contributed by atoms with Crippen LogP contribution in [0.5, 0.6) is 0 Å². The molecule has 2 fully saturated rings. The minimum absolute atomic E-state index is 0.183. The Hall–Kier alpha value is -1.26. The van der Waals surface area contributed by atoms with Gasteiger partial charge in [0.2, 0.25) is 5.91 Å². The summed E-state index contributed by atoms with van der Waals surface area (Å²) in [6.07, 6.45) is 8.87. The molecule has 0 aromatic heterocycles. The Bertz CT molecular complexity index is 319. The van der Waals surface area contributed by atoms with Gasteiger partial charge in [-0.1, -0.05) is 12.8 Å². The highest BCUT2D eigenvalue weighted by Crippen LogP contribution is 2.18. The van der Waals surface area contributed by atoms with Crippen molar-refractivity contribution in [3.63, 3.8) is 0 Å². The molecule has 108 valence electrons. The van der Waals surface area contributed by atoms with Gasteiger partial charge in [-0.05, 0) is 32.1 Å². The van der Waals surface area contributed by atoms with E-state index in [4.69, 9.17) is 0 Å². The molecular formula is C14H26N4O. The number of guanidine groups is 1. The topological polar surface area (TPSA) is 65.5 Å². The molecule has 0 aliphatic heterocycles. The summed E-state index contributed by atoms with van der Waals surface area (Å²) in [5.74, 6) is 1.05. The van der Waals surface area contributed by atoms with Gasteiger partial charge >= 0.3 is 0 Å². The lowest BCUT2D eigenvalue weighted by Gasteiger charge is -2.16. The van der Waals surface area contributed by atoms with Crippen LogP contribution < -0.4 is 16.0 Å². The molecular weight excluding hydrogens is 240 g/mol. The zero-order chi connectivity index (χ0) is 13.5. The molecule has 2 aliphatic rings. The maximum absolute atomic E-state index is 11.5. The predicted octanol–water partition coefficient (Wildman–Crippen LogP) is 1.15. The Balaban J connectivity index is 1.53. The molecule has 3 N–H and O–H groups in total. The van der Waals surface area contributed by atoms with E-state index in [-0.39, 0.29) is 5.91 Å². The van der Waals surface area contributed by atoms with Crippen LogP contribution in [0.1, 0.15) is 51.4 Å². The molecule has 2 rings (SSSR count). The van der Waals surface area contributed by atoms with E-state index >= 15 is 0 Å². The van der Waals surface area contributed by atoms with Crippen LogP contribution in [0.2, 0.25) is 0 Å². The average Bonchev–Trinajstić information content (AvgIpc) is 3.06. The van der Waals surface area contributed by atoms with Gasteiger partial charge in [0.1, 0.15) is 0 Å². The Labute approximate surface area is 115 Å². The first-order chi connectivity index (χ1) is 9.28. The molecule has 0 radical (unpaired) electrons. The molecule has 0 bridgehead atoms. The Kier molecular flexibility index (Phi) is 5.48. The third-order valence-corrected chi connectivity index (χ3v) is 3.74. The van der Waals surface area contributed by atoms with Crippen molar-refractivity contribution < 1.29 is 4.79 Å². The Morgan fingerprint density at radius 3 is 2.42 bits per heavy atom. The SMILES string of the molecule is CN=C(NCCCC(=O)NC1CC1)NC1CCCC1. The van der Waals surface area contributed by atoms with E-state index in [9.17, 15) is 4.79 Å². The van der Waals surface area contributed by atoms with E-state index in [2.05, 4.69) is 20.9 Å². The lowest BCUT2D eigenvalue weighted by molar-refractivity contribution is -0.121. The molecule has 1 amide bonds. The largest absolute Gasteiger partial charge is 0.356 e. The van der Waals surface area contributed by atoms with E-state index in [0.717, 1.165) is 31.8 Å². The zero-order valence-corrected chi connectivity index (χ0v) is 11.9. The number of nitrogens with one attached hydrogen (secondary N) is 3. The summed E-state index contributed by atoms with van der Waals surface area (Å²) in [5, 5.41) is 9.72. The highest BCUT2D eigenvalue weighted by molar-refractivity contribution is 5.80. The van der Waals surface area contributed by atoms with E-state index in [1.807, 2.05) is 0 Å². The third-order valence-electron chi connectivity index (χ3n) is 3.74. The molecule has 2 aliphatic carbocycles. The van der Waals surface area contributed by atoms with E-state index < -0.39 is 0 Å². The fourth-order valence-corrected chi connectivity index (χ4v) is 2.44. The monoisotopic (exact) mass is 266 g/mol. The van der Waals surface area contributed by atoms with Crippen LogP contribution in [0.4, 0.5) is 0 Å². The number of nitrogens with zero attached hydrogens (tertiary/aromatic N) is 1. The number of carbonyl (C=O) groups is 1. The quantitative estimate of drug-likeness (QED) is 0.384. The molecule has 0 unspecified atom stereocenters. The van der Waals surface area contributed by atoms with E-state index in [1.165, 1.54) is 25.7 Å². The van der Waals surface area contributed by atoms with Gasteiger partial charge in [-0.2, -0.15) is 0 Å². The highest BCUT2D eigenvalue weighted by atomic mass is 16.1. The first-order valence-corrected chi connectivity index (χ1v) is 7.54. The van der Waals surface area contributed by atoms with Crippen LogP contribution in [0.15, 0.2) is 4.99 Å². The number of hydrogen-bond acceptors (Lipinski definition) is 2. The average molecular weight is 266 g/mol. The van der Waals surface area contributed by atoms with Gasteiger partial charge in [0.05, 0.1) is 0 Å². The molecule has 0 saturated heterocycles. The number of carbonyl (C=O) groups excluding carboxylic acids is 1. The standard InChI is InChI=1S/C14H26N4O/c1-15-14(18-11-5-2-3-6-11)16-10-4-7-13(19)17-12-8-9-12/h11-12H,2-10H2,1H3,(H,17,19)(H2,15,16,18). The summed E-state index contributed by atoms with van der Waals surface area (Å²) in [6, 6.07) is 1.04. The minimum atomic E-state index is 0.183. The fraction of sp³-hybridized carbons (Fsp3) is 0.857. The second-order valence-corrected chi connectivity index (χ2v) is 5.57. The maximum atomic E-state index is 11.5. The molecule has 2 saturated carbocycles. The normalized spacial score (nSPS) is 20.4. The van der Waals surface area contributed by atoms with E-state index in [1.54, 1.807) is 7.05 Å². The maximum Gasteiger partial charge on any atom is 0.220 e. The summed E-state index contributed by atoms with van der Waals surface area (Å²) in [5.41, 5.74) is 0. The predicted molar refractivity (Wildman–Crippen MR) is 77.2 cm³/mol. The molecule has 0 aromatic carbocycles. The first-order valence-electron chi connectivity index (χ1n) is 7.54. The molecule has 0 heterocycles. The summed E-state index contributed by atoms with van der Waals surface area (Å²) < 4.78 is 0. The molecule has 0 aromatic rings. The van der Waals surface area contributed by atoms with Crippen molar-refractivity contribution >= 4 is 11.9 Å². The van der Waals surface area contributed by atoms with Crippen LogP contribution in [0.3, 0.4) is 0 Å². The molecule has 0 atom stereocenters. The van der Waals surface area contributed by atoms with Gasteiger partial charge in [-0.3, -0.25) is 9.79 Å². The summed E-state index contributed by atoms with van der Waals surface area (Å²) in [6.45, 7) is 0.796.